The van der Waals surface area contributed by atoms with Crippen molar-refractivity contribution in [2.24, 2.45) is 0 Å². The van der Waals surface area contributed by atoms with E-state index >= 15 is 0 Å². The Hall–Kier alpha value is -2.43. The molecule has 1 amide bonds. The molecule has 0 bridgehead atoms. The molecule has 0 atom stereocenters. The second-order valence-corrected chi connectivity index (χ2v) is 9.72. The quantitative estimate of drug-likeness (QED) is 0.356. The Morgan fingerprint density at radius 1 is 0.903 bits per heavy atom. The molecule has 7 nitrogen and oxygen atoms in total. The molecular weight excluding hydrogens is 503 g/mol. The summed E-state index contributed by atoms with van der Waals surface area (Å²) in [5.41, 5.74) is 0.991. The van der Waals surface area contributed by atoms with Gasteiger partial charge < -0.3 is 5.32 Å². The molecule has 0 unspecified atom stereocenters. The number of nitrogens with one attached hydrogen (secondary N) is 2. The summed E-state index contributed by atoms with van der Waals surface area (Å²) in [5, 5.41) is 3.50. The fourth-order valence-corrected chi connectivity index (χ4v) is 5.13. The van der Waals surface area contributed by atoms with Gasteiger partial charge in [0.05, 0.1) is 33.7 Å². The van der Waals surface area contributed by atoms with E-state index in [9.17, 15) is 13.2 Å². The Balaban J connectivity index is 1.71. The fraction of sp³-hybridized carbons (Fsp3) is 0. The average Bonchev–Trinajstić information content (AvgIpc) is 3.20. The monoisotopic (exact) mass is 512 g/mol. The third-order valence-electron chi connectivity index (χ3n) is 4.19. The van der Waals surface area contributed by atoms with Gasteiger partial charge in [-0.3, -0.25) is 9.52 Å². The Labute approximate surface area is 196 Å². The van der Waals surface area contributed by atoms with Gasteiger partial charge in [-0.1, -0.05) is 40.9 Å². The van der Waals surface area contributed by atoms with E-state index in [1.807, 2.05) is 0 Å². The fourth-order valence-electron chi connectivity index (χ4n) is 2.77. The van der Waals surface area contributed by atoms with E-state index in [2.05, 4.69) is 18.8 Å². The minimum absolute atomic E-state index is 0.00399. The van der Waals surface area contributed by atoms with Crippen LogP contribution in [0.4, 0.5) is 11.4 Å². The minimum atomic E-state index is -4.08. The molecule has 12 heteroatoms. The maximum Gasteiger partial charge on any atom is 0.264 e. The summed E-state index contributed by atoms with van der Waals surface area (Å²) in [5.74, 6) is -0.627. The zero-order valence-electron chi connectivity index (χ0n) is 15.3. The van der Waals surface area contributed by atoms with Gasteiger partial charge in [0.1, 0.15) is 15.9 Å². The molecule has 0 saturated heterocycles. The highest BCUT2D eigenvalue weighted by Gasteiger charge is 2.23. The van der Waals surface area contributed by atoms with Crippen molar-refractivity contribution in [3.63, 3.8) is 0 Å². The van der Waals surface area contributed by atoms with Gasteiger partial charge in [-0.25, -0.2) is 8.42 Å². The third kappa shape index (κ3) is 4.60. The first-order valence-electron chi connectivity index (χ1n) is 8.55. The summed E-state index contributed by atoms with van der Waals surface area (Å²) in [6.07, 6.45) is 0. The lowest BCUT2D eigenvalue weighted by Gasteiger charge is -2.14. The number of anilines is 2. The molecule has 0 radical (unpaired) electrons. The van der Waals surface area contributed by atoms with Crippen molar-refractivity contribution in [1.29, 1.82) is 0 Å². The molecule has 4 rings (SSSR count). The number of halogens is 3. The highest BCUT2D eigenvalue weighted by Crippen LogP contribution is 2.29. The topological polar surface area (TPSA) is 101 Å². The van der Waals surface area contributed by atoms with E-state index in [1.54, 1.807) is 18.2 Å². The van der Waals surface area contributed by atoms with Gasteiger partial charge in [0.25, 0.3) is 15.9 Å². The Bertz CT molecular complexity index is 1420. The lowest BCUT2D eigenvalue weighted by Crippen LogP contribution is -2.19. The molecule has 4 aromatic rings. The van der Waals surface area contributed by atoms with Gasteiger partial charge >= 0.3 is 0 Å². The average molecular weight is 514 g/mol. The Morgan fingerprint density at radius 2 is 1.65 bits per heavy atom. The summed E-state index contributed by atoms with van der Waals surface area (Å²) in [4.78, 5) is 12.9. The van der Waals surface area contributed by atoms with Crippen LogP contribution in [0.15, 0.2) is 59.5 Å². The van der Waals surface area contributed by atoms with Crippen LogP contribution in [-0.2, 0) is 10.0 Å². The molecule has 0 aliphatic carbocycles. The zero-order chi connectivity index (χ0) is 22.2. The first kappa shape index (κ1) is 21.8. The van der Waals surface area contributed by atoms with Crippen molar-refractivity contribution < 1.29 is 13.2 Å². The number of nitrogens with zero attached hydrogens (tertiary/aromatic N) is 2. The van der Waals surface area contributed by atoms with Gasteiger partial charge in [0, 0.05) is 10.0 Å². The molecule has 0 aliphatic rings. The van der Waals surface area contributed by atoms with Crippen LogP contribution in [0.2, 0.25) is 15.1 Å². The molecule has 0 fully saturated rings. The molecular formula is C19H11Cl3N4O3S2. The summed E-state index contributed by atoms with van der Waals surface area (Å²) in [6.45, 7) is 0. The molecule has 0 aliphatic heterocycles. The number of hydrogen-bond donors (Lipinski definition) is 2. The summed E-state index contributed by atoms with van der Waals surface area (Å²) < 4.78 is 36.7. The summed E-state index contributed by atoms with van der Waals surface area (Å²) >= 11 is 19.0. The first-order valence-corrected chi connectivity index (χ1v) is 11.9. The maximum atomic E-state index is 13.1. The number of fused-ring (bicyclic) bond motifs is 1. The molecule has 0 saturated carbocycles. The zero-order valence-corrected chi connectivity index (χ0v) is 19.2. The van der Waals surface area contributed by atoms with Crippen molar-refractivity contribution in [2.75, 3.05) is 10.0 Å². The smallest absolute Gasteiger partial charge is 0.264 e. The van der Waals surface area contributed by atoms with E-state index in [1.165, 1.54) is 36.4 Å². The minimum Gasteiger partial charge on any atom is -0.321 e. The number of benzene rings is 3. The Morgan fingerprint density at radius 3 is 2.45 bits per heavy atom. The van der Waals surface area contributed by atoms with Gasteiger partial charge in [-0.2, -0.15) is 8.75 Å². The second kappa shape index (κ2) is 8.60. The first-order chi connectivity index (χ1) is 14.7. The van der Waals surface area contributed by atoms with Crippen LogP contribution < -0.4 is 10.0 Å². The Kier molecular flexibility index (Phi) is 6.05. The van der Waals surface area contributed by atoms with E-state index in [0.717, 1.165) is 11.7 Å². The van der Waals surface area contributed by atoms with Crippen LogP contribution in [0.25, 0.3) is 11.0 Å². The van der Waals surface area contributed by atoms with Gasteiger partial charge in [0.2, 0.25) is 0 Å². The van der Waals surface area contributed by atoms with Crippen molar-refractivity contribution in [2.45, 2.75) is 4.90 Å². The molecule has 1 aromatic heterocycles. The van der Waals surface area contributed by atoms with E-state index < -0.39 is 15.9 Å². The van der Waals surface area contributed by atoms with Gasteiger partial charge in [-0.05, 0) is 48.5 Å². The van der Waals surface area contributed by atoms with Crippen molar-refractivity contribution in [3.05, 3.63) is 75.2 Å². The normalized spacial score (nSPS) is 11.5. The maximum absolute atomic E-state index is 13.1. The largest absolute Gasteiger partial charge is 0.321 e. The predicted molar refractivity (Wildman–Crippen MR) is 124 cm³/mol. The number of amides is 1. The van der Waals surface area contributed by atoms with Crippen LogP contribution >= 0.6 is 46.5 Å². The van der Waals surface area contributed by atoms with Crippen molar-refractivity contribution >= 4 is 84.9 Å². The van der Waals surface area contributed by atoms with E-state index in [0.29, 0.717) is 10.5 Å². The SMILES string of the molecule is O=C(Nc1cc(Cl)ccc1Cl)c1cc(Cl)ccc1NS(=O)(=O)c1cccc2nsnc12. The van der Waals surface area contributed by atoms with Crippen LogP contribution in [0.5, 0.6) is 0 Å². The molecule has 3 aromatic carbocycles. The van der Waals surface area contributed by atoms with Crippen molar-refractivity contribution in [3.8, 4) is 0 Å². The number of aromatic nitrogens is 2. The summed E-state index contributed by atoms with van der Waals surface area (Å²) in [7, 11) is -4.08. The lowest BCUT2D eigenvalue weighted by molar-refractivity contribution is 0.102. The highest BCUT2D eigenvalue weighted by atomic mass is 35.5. The lowest BCUT2D eigenvalue weighted by atomic mass is 10.1. The number of carbonyl (C=O) groups excluding carboxylic acids is 1. The number of carbonyl (C=O) groups is 1. The predicted octanol–water partition coefficient (Wildman–Crippen LogP) is 5.70. The van der Waals surface area contributed by atoms with E-state index in [-0.39, 0.29) is 37.4 Å². The van der Waals surface area contributed by atoms with Crippen LogP contribution in [0.3, 0.4) is 0 Å². The second-order valence-electron chi connectivity index (χ2n) is 6.26. The number of rotatable bonds is 5. The molecule has 1 heterocycles. The highest BCUT2D eigenvalue weighted by molar-refractivity contribution is 7.93. The van der Waals surface area contributed by atoms with Crippen LogP contribution in [0.1, 0.15) is 10.4 Å². The molecule has 158 valence electrons. The van der Waals surface area contributed by atoms with Crippen molar-refractivity contribution in [1.82, 2.24) is 8.75 Å². The summed E-state index contributed by atoms with van der Waals surface area (Å²) in [6, 6.07) is 13.4. The molecule has 31 heavy (non-hydrogen) atoms. The van der Waals surface area contributed by atoms with Crippen LogP contribution in [0, 0.1) is 0 Å². The third-order valence-corrected chi connectivity index (χ3v) is 6.93. The number of hydrogen-bond acceptors (Lipinski definition) is 6. The molecule has 0 spiro atoms. The van der Waals surface area contributed by atoms with Crippen LogP contribution in [-0.4, -0.2) is 23.1 Å². The van der Waals surface area contributed by atoms with Gasteiger partial charge in [-0.15, -0.1) is 0 Å². The van der Waals surface area contributed by atoms with E-state index in [4.69, 9.17) is 34.8 Å². The number of sulfonamides is 1. The molecule has 2 N–H and O–H groups in total. The van der Waals surface area contributed by atoms with Gasteiger partial charge in [0.15, 0.2) is 0 Å². The standard InChI is InChI=1S/C19H11Cl3N4O3S2/c20-10-5-7-14(12(8-10)19(27)23-16-9-11(21)4-6-13(16)22)26-31(28,29)17-3-1-2-15-18(17)25-30-24-15/h1-9,26H,(H,23,27).